The van der Waals surface area contributed by atoms with Crippen LogP contribution in [0, 0.1) is 11.3 Å². The highest BCUT2D eigenvalue weighted by molar-refractivity contribution is 5.95. The minimum Gasteiger partial charge on any atom is -0.491 e. The molecule has 4 nitrogen and oxygen atoms in total. The smallest absolute Gasteiger partial charge is 0.148 e. The van der Waals surface area contributed by atoms with Crippen LogP contribution in [0.1, 0.15) is 32.4 Å². The fourth-order valence-electron chi connectivity index (χ4n) is 1.38. The summed E-state index contributed by atoms with van der Waals surface area (Å²) in [5.74, 6) is 1.22. The molecule has 4 heteroatoms. The number of amidine groups is 1. The normalized spacial score (nSPS) is 10.4. The summed E-state index contributed by atoms with van der Waals surface area (Å²) in [5.41, 5.74) is 5.83. The summed E-state index contributed by atoms with van der Waals surface area (Å²) in [4.78, 5) is 4.02. The predicted molar refractivity (Wildman–Crippen MR) is 64.8 cm³/mol. The fraction of sp³-hybridized carbons (Fsp3) is 0.500. The molecule has 0 aliphatic heterocycles. The minimum atomic E-state index is -0.0561. The fourth-order valence-corrected chi connectivity index (χ4v) is 1.38. The molecule has 3 N–H and O–H groups in total. The van der Waals surface area contributed by atoms with Crippen molar-refractivity contribution < 1.29 is 4.74 Å². The van der Waals surface area contributed by atoms with E-state index in [1.165, 1.54) is 0 Å². The molecular weight excluding hydrogens is 202 g/mol. The van der Waals surface area contributed by atoms with Gasteiger partial charge in [-0.25, -0.2) is 4.98 Å². The van der Waals surface area contributed by atoms with Crippen molar-refractivity contribution in [1.29, 1.82) is 5.41 Å². The maximum atomic E-state index is 7.36. The van der Waals surface area contributed by atoms with Crippen molar-refractivity contribution >= 4 is 5.84 Å². The van der Waals surface area contributed by atoms with Gasteiger partial charge in [0, 0.05) is 6.20 Å². The number of pyridine rings is 1. The Morgan fingerprint density at radius 2 is 2.31 bits per heavy atom. The van der Waals surface area contributed by atoms with Gasteiger partial charge < -0.3 is 10.5 Å². The largest absolute Gasteiger partial charge is 0.491 e. The van der Waals surface area contributed by atoms with E-state index in [0.29, 0.717) is 24.0 Å². The molecule has 0 aliphatic carbocycles. The number of rotatable bonds is 6. The Bertz CT molecular complexity index is 350. The Labute approximate surface area is 96.3 Å². The second-order valence-electron chi connectivity index (χ2n) is 4.15. The van der Waals surface area contributed by atoms with E-state index in [-0.39, 0.29) is 5.84 Å². The first kappa shape index (κ1) is 12.5. The van der Waals surface area contributed by atoms with E-state index >= 15 is 0 Å². The van der Waals surface area contributed by atoms with E-state index in [9.17, 15) is 0 Å². The van der Waals surface area contributed by atoms with Gasteiger partial charge in [0.1, 0.15) is 17.3 Å². The Balaban J connectivity index is 2.50. The van der Waals surface area contributed by atoms with Crippen molar-refractivity contribution in [2.24, 2.45) is 11.7 Å². The molecule has 0 amide bonds. The number of nitrogen functional groups attached to an aromatic ring is 1. The van der Waals surface area contributed by atoms with Crippen molar-refractivity contribution in [2.45, 2.75) is 26.7 Å². The lowest BCUT2D eigenvalue weighted by molar-refractivity contribution is 0.296. The van der Waals surface area contributed by atoms with E-state index in [0.717, 1.165) is 12.8 Å². The minimum absolute atomic E-state index is 0.0561. The van der Waals surface area contributed by atoms with Gasteiger partial charge >= 0.3 is 0 Å². The number of hydrogen-bond acceptors (Lipinski definition) is 3. The SMILES string of the molecule is CC(C)CCCOc1cccnc1C(=N)N. The lowest BCUT2D eigenvalue weighted by Gasteiger charge is -2.10. The third-order valence-corrected chi connectivity index (χ3v) is 2.21. The van der Waals surface area contributed by atoms with Gasteiger partial charge in [0.15, 0.2) is 0 Å². The second kappa shape index (κ2) is 6.10. The lowest BCUT2D eigenvalue weighted by atomic mass is 10.1. The van der Waals surface area contributed by atoms with Crippen molar-refractivity contribution in [2.75, 3.05) is 6.61 Å². The number of nitrogens with one attached hydrogen (secondary N) is 1. The Hall–Kier alpha value is -1.58. The average molecular weight is 221 g/mol. The van der Waals surface area contributed by atoms with Gasteiger partial charge in [-0.05, 0) is 30.9 Å². The summed E-state index contributed by atoms with van der Waals surface area (Å²) < 4.78 is 5.57. The monoisotopic (exact) mass is 221 g/mol. The highest BCUT2D eigenvalue weighted by atomic mass is 16.5. The molecule has 1 heterocycles. The van der Waals surface area contributed by atoms with Crippen LogP contribution in [0.5, 0.6) is 5.75 Å². The summed E-state index contributed by atoms with van der Waals surface area (Å²) >= 11 is 0. The first-order valence-electron chi connectivity index (χ1n) is 5.53. The molecule has 0 radical (unpaired) electrons. The van der Waals surface area contributed by atoms with Gasteiger partial charge in [-0.2, -0.15) is 0 Å². The molecule has 0 bridgehead atoms. The molecule has 0 unspecified atom stereocenters. The molecule has 0 atom stereocenters. The standard InChI is InChI=1S/C12H19N3O/c1-9(2)5-4-8-16-10-6-3-7-15-11(10)12(13)14/h3,6-7,9H,4-5,8H2,1-2H3,(H3,13,14). The highest BCUT2D eigenvalue weighted by Gasteiger charge is 2.06. The Morgan fingerprint density at radius 1 is 1.56 bits per heavy atom. The maximum absolute atomic E-state index is 7.36. The number of nitrogens with two attached hydrogens (primary N) is 1. The topological polar surface area (TPSA) is 72.0 Å². The quantitative estimate of drug-likeness (QED) is 0.439. The summed E-state index contributed by atoms with van der Waals surface area (Å²) in [6.45, 7) is 5.01. The zero-order valence-corrected chi connectivity index (χ0v) is 9.86. The molecule has 88 valence electrons. The van der Waals surface area contributed by atoms with E-state index in [1.807, 2.05) is 0 Å². The Morgan fingerprint density at radius 3 is 2.94 bits per heavy atom. The predicted octanol–water partition coefficient (Wildman–Crippen LogP) is 2.18. The van der Waals surface area contributed by atoms with Crippen LogP contribution < -0.4 is 10.5 Å². The van der Waals surface area contributed by atoms with Crippen molar-refractivity contribution in [3.63, 3.8) is 0 Å². The molecule has 1 aromatic rings. The van der Waals surface area contributed by atoms with Gasteiger partial charge in [0.05, 0.1) is 6.61 Å². The van der Waals surface area contributed by atoms with Crippen molar-refractivity contribution in [3.8, 4) is 5.75 Å². The molecule has 0 aliphatic rings. The van der Waals surface area contributed by atoms with E-state index in [2.05, 4.69) is 18.8 Å². The van der Waals surface area contributed by atoms with Gasteiger partial charge in [-0.3, -0.25) is 5.41 Å². The first-order valence-corrected chi connectivity index (χ1v) is 5.53. The molecular formula is C12H19N3O. The Kier molecular flexibility index (Phi) is 4.76. The molecule has 0 saturated carbocycles. The van der Waals surface area contributed by atoms with Crippen LogP contribution in [0.25, 0.3) is 0 Å². The summed E-state index contributed by atoms with van der Waals surface area (Å²) in [7, 11) is 0. The average Bonchev–Trinajstić information content (AvgIpc) is 2.24. The first-order chi connectivity index (χ1) is 7.61. The van der Waals surface area contributed by atoms with Crippen LogP contribution in [-0.2, 0) is 0 Å². The molecule has 0 spiro atoms. The summed E-state index contributed by atoms with van der Waals surface area (Å²) in [5, 5.41) is 7.36. The summed E-state index contributed by atoms with van der Waals surface area (Å²) in [6.07, 6.45) is 3.75. The van der Waals surface area contributed by atoms with Gasteiger partial charge in [0.25, 0.3) is 0 Å². The number of hydrogen-bond donors (Lipinski definition) is 2. The number of nitrogens with zero attached hydrogens (tertiary/aromatic N) is 1. The molecule has 1 rings (SSSR count). The maximum Gasteiger partial charge on any atom is 0.148 e. The van der Waals surface area contributed by atoms with Crippen LogP contribution in [0.2, 0.25) is 0 Å². The van der Waals surface area contributed by atoms with Crippen LogP contribution in [-0.4, -0.2) is 17.4 Å². The molecule has 16 heavy (non-hydrogen) atoms. The van der Waals surface area contributed by atoms with E-state index < -0.39 is 0 Å². The molecule has 0 saturated heterocycles. The van der Waals surface area contributed by atoms with Crippen LogP contribution in [0.4, 0.5) is 0 Å². The second-order valence-corrected chi connectivity index (χ2v) is 4.15. The van der Waals surface area contributed by atoms with E-state index in [4.69, 9.17) is 15.9 Å². The van der Waals surface area contributed by atoms with Crippen LogP contribution >= 0.6 is 0 Å². The van der Waals surface area contributed by atoms with E-state index in [1.54, 1.807) is 18.3 Å². The van der Waals surface area contributed by atoms with Crippen molar-refractivity contribution in [1.82, 2.24) is 4.98 Å². The zero-order chi connectivity index (χ0) is 12.0. The van der Waals surface area contributed by atoms with Gasteiger partial charge in [0.2, 0.25) is 0 Å². The molecule has 0 aromatic carbocycles. The molecule has 0 fully saturated rings. The summed E-state index contributed by atoms with van der Waals surface area (Å²) in [6, 6.07) is 3.57. The number of ether oxygens (including phenoxy) is 1. The lowest BCUT2D eigenvalue weighted by Crippen LogP contribution is -2.15. The van der Waals surface area contributed by atoms with Gasteiger partial charge in [-0.1, -0.05) is 13.8 Å². The highest BCUT2D eigenvalue weighted by Crippen LogP contribution is 2.15. The third kappa shape index (κ3) is 3.88. The number of aromatic nitrogens is 1. The zero-order valence-electron chi connectivity index (χ0n) is 9.86. The van der Waals surface area contributed by atoms with Crippen LogP contribution in [0.3, 0.4) is 0 Å². The van der Waals surface area contributed by atoms with Crippen molar-refractivity contribution in [3.05, 3.63) is 24.0 Å². The third-order valence-electron chi connectivity index (χ3n) is 2.21. The van der Waals surface area contributed by atoms with Gasteiger partial charge in [-0.15, -0.1) is 0 Å². The molecule has 1 aromatic heterocycles. The van der Waals surface area contributed by atoms with Crippen LogP contribution in [0.15, 0.2) is 18.3 Å².